The van der Waals surface area contributed by atoms with Gasteiger partial charge in [0, 0.05) is 64.4 Å². The second-order valence-electron chi connectivity index (χ2n) is 16.6. The van der Waals surface area contributed by atoms with Gasteiger partial charge < -0.3 is 98.5 Å². The molecule has 4 fully saturated rings. The molecule has 0 aromatic carbocycles. The number of aliphatic hydroxyl groups is 8. The molecule has 26 heteroatoms. The predicted octanol–water partition coefficient (Wildman–Crippen LogP) is -5.04. The van der Waals surface area contributed by atoms with Crippen LogP contribution in [0.5, 0.6) is 0 Å². The number of carbonyl (C=O) groups is 8. The zero-order chi connectivity index (χ0) is 49.5. The molecule has 66 heavy (non-hydrogen) atoms. The maximum absolute atomic E-state index is 13.9. The topological polar surface area (TPSA) is 413 Å². The molecule has 0 spiro atoms. The Labute approximate surface area is 375 Å². The molecule has 0 amide bonds. The van der Waals surface area contributed by atoms with E-state index in [1.807, 2.05) is 0 Å². The molecule has 4 saturated heterocycles. The molecule has 0 aliphatic carbocycles. The van der Waals surface area contributed by atoms with Crippen molar-refractivity contribution < 1.29 is 127 Å². The lowest BCUT2D eigenvalue weighted by Crippen LogP contribution is -2.68. The van der Waals surface area contributed by atoms with Gasteiger partial charge in [-0.2, -0.15) is 0 Å². The third-order valence-corrected chi connectivity index (χ3v) is 11.6. The minimum absolute atomic E-state index is 0.0875. The molecule has 374 valence electrons. The Morgan fingerprint density at radius 2 is 0.712 bits per heavy atom. The predicted molar refractivity (Wildman–Crippen MR) is 207 cm³/mol. The molecule has 0 saturated carbocycles. The Bertz CT molecular complexity index is 1760. The Hall–Kier alpha value is -3.68. The zero-order valence-electron chi connectivity index (χ0n) is 36.2. The average Bonchev–Trinajstić information content (AvgIpc) is 3.26. The summed E-state index contributed by atoms with van der Waals surface area (Å²) in [6.07, 6.45) is -43.2. The van der Waals surface area contributed by atoms with Crippen LogP contribution in [0.3, 0.4) is 0 Å². The minimum Gasteiger partial charge on any atom is -0.479 e. The SMILES string of the molecule is COC1OC(C(=O)CCC(=O)CCC(C)=O)C(OC2OC(C(=O)CCC(=O)CCC(C)=O)C(OC3OC(C(=O)O)C(OC4OC(C(=O)O)C(C)C(O)C4O)C(O)C3O)C(O)C2O)C(O)C1O. The Balaban J connectivity index is 1.61. The summed E-state index contributed by atoms with van der Waals surface area (Å²) < 4.78 is 43.8. The van der Waals surface area contributed by atoms with E-state index < -0.39 is 177 Å². The van der Waals surface area contributed by atoms with E-state index in [-0.39, 0.29) is 43.7 Å². The van der Waals surface area contributed by atoms with Crippen LogP contribution in [-0.4, -0.2) is 222 Å². The number of hydrogen-bond donors (Lipinski definition) is 10. The molecule has 0 bridgehead atoms. The van der Waals surface area contributed by atoms with Gasteiger partial charge in [0.2, 0.25) is 0 Å². The fraction of sp³-hybridized carbons (Fsp3) is 0.800. The summed E-state index contributed by atoms with van der Waals surface area (Å²) in [5, 5.41) is 108. The zero-order valence-corrected chi connectivity index (χ0v) is 36.2. The van der Waals surface area contributed by atoms with Gasteiger partial charge >= 0.3 is 11.9 Å². The smallest absolute Gasteiger partial charge is 0.335 e. The molecule has 0 aromatic rings. The first kappa shape index (κ1) is 54.9. The molecule has 4 aliphatic heterocycles. The molecule has 20 atom stereocenters. The third kappa shape index (κ3) is 13.3. The molecule has 26 nitrogen and oxygen atoms in total. The lowest BCUT2D eigenvalue weighted by Gasteiger charge is -2.48. The quantitative estimate of drug-likeness (QED) is 0.0458. The van der Waals surface area contributed by atoms with Gasteiger partial charge in [0.05, 0.1) is 6.10 Å². The van der Waals surface area contributed by atoms with Gasteiger partial charge in [-0.3, -0.25) is 19.2 Å². The van der Waals surface area contributed by atoms with E-state index in [0.29, 0.717) is 0 Å². The number of ether oxygens (including phenoxy) is 8. The monoisotopic (exact) mass is 954 g/mol. The number of methoxy groups -OCH3 is 1. The van der Waals surface area contributed by atoms with Crippen molar-refractivity contribution in [2.24, 2.45) is 5.92 Å². The van der Waals surface area contributed by atoms with E-state index in [0.717, 1.165) is 7.11 Å². The summed E-state index contributed by atoms with van der Waals surface area (Å²) in [4.78, 5) is 99.3. The summed E-state index contributed by atoms with van der Waals surface area (Å²) in [5.41, 5.74) is 0. The van der Waals surface area contributed by atoms with Crippen LogP contribution >= 0.6 is 0 Å². The molecule has 0 radical (unpaired) electrons. The van der Waals surface area contributed by atoms with Crippen molar-refractivity contribution in [3.63, 3.8) is 0 Å². The van der Waals surface area contributed by atoms with Crippen LogP contribution in [0.2, 0.25) is 0 Å². The molecule has 20 unspecified atom stereocenters. The van der Waals surface area contributed by atoms with Gasteiger partial charge in [-0.05, 0) is 13.8 Å². The van der Waals surface area contributed by atoms with Crippen LogP contribution < -0.4 is 0 Å². The van der Waals surface area contributed by atoms with Crippen molar-refractivity contribution >= 4 is 46.6 Å². The van der Waals surface area contributed by atoms with Crippen molar-refractivity contribution in [3.8, 4) is 0 Å². The normalized spacial score (nSPS) is 39.4. The molecular weight excluding hydrogens is 896 g/mol. The van der Waals surface area contributed by atoms with E-state index in [9.17, 15) is 89.4 Å². The highest BCUT2D eigenvalue weighted by molar-refractivity contribution is 5.91. The number of carbonyl (C=O) groups excluding carboxylic acids is 6. The fourth-order valence-corrected chi connectivity index (χ4v) is 7.65. The Kier molecular flexibility index (Phi) is 20.0. The van der Waals surface area contributed by atoms with Crippen LogP contribution in [0.4, 0.5) is 0 Å². The highest BCUT2D eigenvalue weighted by Crippen LogP contribution is 2.36. The van der Waals surface area contributed by atoms with Crippen molar-refractivity contribution in [3.05, 3.63) is 0 Å². The first-order valence-electron chi connectivity index (χ1n) is 21.0. The second-order valence-corrected chi connectivity index (χ2v) is 16.6. The average molecular weight is 955 g/mol. The van der Waals surface area contributed by atoms with Crippen LogP contribution in [0.1, 0.15) is 72.1 Å². The van der Waals surface area contributed by atoms with E-state index >= 15 is 0 Å². The second kappa shape index (κ2) is 24.0. The van der Waals surface area contributed by atoms with Crippen LogP contribution in [-0.2, 0) is 76.3 Å². The number of rotatable bonds is 23. The van der Waals surface area contributed by atoms with Gasteiger partial charge in [0.25, 0.3) is 0 Å². The van der Waals surface area contributed by atoms with Gasteiger partial charge in [0.15, 0.2) is 48.9 Å². The lowest BCUT2D eigenvalue weighted by molar-refractivity contribution is -0.376. The van der Waals surface area contributed by atoms with Crippen molar-refractivity contribution in [1.29, 1.82) is 0 Å². The first-order valence-corrected chi connectivity index (χ1v) is 21.0. The van der Waals surface area contributed by atoms with E-state index in [2.05, 4.69) is 0 Å². The minimum atomic E-state index is -2.39. The maximum atomic E-state index is 13.9. The third-order valence-electron chi connectivity index (χ3n) is 11.6. The largest absolute Gasteiger partial charge is 0.479 e. The van der Waals surface area contributed by atoms with Gasteiger partial charge in [-0.1, -0.05) is 6.92 Å². The van der Waals surface area contributed by atoms with Crippen molar-refractivity contribution in [1.82, 2.24) is 0 Å². The number of carboxylic acid groups (broad SMARTS) is 2. The molecule has 10 N–H and O–H groups in total. The van der Waals surface area contributed by atoms with Crippen LogP contribution in [0.25, 0.3) is 0 Å². The van der Waals surface area contributed by atoms with Crippen LogP contribution in [0, 0.1) is 5.92 Å². The number of ketones is 6. The summed E-state index contributed by atoms with van der Waals surface area (Å²) in [5.74, 6) is -8.36. The van der Waals surface area contributed by atoms with Crippen molar-refractivity contribution in [2.45, 2.75) is 189 Å². The summed E-state index contributed by atoms with van der Waals surface area (Å²) in [6.45, 7) is 3.73. The first-order chi connectivity index (χ1) is 30.9. The number of carboxylic acids is 2. The number of aliphatic hydroxyl groups excluding tert-OH is 8. The van der Waals surface area contributed by atoms with Crippen LogP contribution in [0.15, 0.2) is 0 Å². The number of hydrogen-bond acceptors (Lipinski definition) is 24. The van der Waals surface area contributed by atoms with Crippen molar-refractivity contribution in [2.75, 3.05) is 7.11 Å². The summed E-state index contributed by atoms with van der Waals surface area (Å²) in [7, 11) is 1.07. The summed E-state index contributed by atoms with van der Waals surface area (Å²) >= 11 is 0. The molecule has 4 heterocycles. The lowest BCUT2D eigenvalue weighted by atomic mass is 9.90. The highest BCUT2D eigenvalue weighted by Gasteiger charge is 2.58. The van der Waals surface area contributed by atoms with Gasteiger partial charge in [-0.15, -0.1) is 0 Å². The van der Waals surface area contributed by atoms with E-state index in [4.69, 9.17) is 37.9 Å². The Morgan fingerprint density at radius 1 is 0.409 bits per heavy atom. The molecular formula is C40H58O26. The number of aliphatic carboxylic acids is 2. The van der Waals surface area contributed by atoms with E-state index in [1.165, 1.54) is 20.8 Å². The van der Waals surface area contributed by atoms with Gasteiger partial charge in [-0.25, -0.2) is 9.59 Å². The standard InChI is InChI=1S/C40H58O26/c1-13(41)5-7-16(43)9-11-18(45)29-31(21(48)25(52)37(59-4)61-29)63-39-26(53)22(49)32(30(62-39)19(46)12-10-17(44)8-6-14(2)42)64-40-27(54)23(50)33(34(66-40)36(57)58)65-38-24(51)20(47)15(3)28(60-38)35(55)56/h15,20-34,37-40,47-54H,5-12H2,1-4H3,(H,55,56)(H,57,58). The number of Topliss-reactive ketones (excluding diaryl/α,β-unsaturated/α-hetero) is 6. The molecule has 4 aliphatic rings. The maximum Gasteiger partial charge on any atom is 0.335 e. The van der Waals surface area contributed by atoms with E-state index in [1.54, 1.807) is 0 Å². The summed E-state index contributed by atoms with van der Waals surface area (Å²) in [6, 6.07) is 0. The van der Waals surface area contributed by atoms with Gasteiger partial charge in [0.1, 0.15) is 96.4 Å². The molecule has 4 rings (SSSR count). The Morgan fingerprint density at radius 3 is 1.08 bits per heavy atom. The fourth-order valence-electron chi connectivity index (χ4n) is 7.65. The molecule has 0 aromatic heterocycles. The highest BCUT2D eigenvalue weighted by atomic mass is 16.8.